The lowest BCUT2D eigenvalue weighted by Gasteiger charge is -2.38. The number of piperidine rings is 1. The van der Waals surface area contributed by atoms with Crippen LogP contribution in [-0.2, 0) is 5.41 Å². The first kappa shape index (κ1) is 16.5. The van der Waals surface area contributed by atoms with E-state index in [4.69, 9.17) is 0 Å². The molecule has 1 aliphatic heterocycles. The molecule has 8 heteroatoms. The summed E-state index contributed by atoms with van der Waals surface area (Å²) >= 11 is 1.43. The average molecular weight is 345 g/mol. The number of aromatic nitrogens is 3. The quantitative estimate of drug-likeness (QED) is 0.910. The van der Waals surface area contributed by atoms with Crippen LogP contribution < -0.4 is 5.32 Å². The van der Waals surface area contributed by atoms with Crippen molar-refractivity contribution in [3.63, 3.8) is 0 Å². The van der Waals surface area contributed by atoms with Gasteiger partial charge in [0.25, 0.3) is 11.8 Å². The van der Waals surface area contributed by atoms with Crippen molar-refractivity contribution in [1.29, 1.82) is 0 Å². The summed E-state index contributed by atoms with van der Waals surface area (Å²) in [6, 6.07) is 0. The van der Waals surface area contributed by atoms with Gasteiger partial charge in [-0.15, -0.1) is 11.3 Å². The Morgan fingerprint density at radius 3 is 2.50 bits per heavy atom. The van der Waals surface area contributed by atoms with Crippen molar-refractivity contribution in [2.45, 2.75) is 25.2 Å². The maximum Gasteiger partial charge on any atom is 0.262 e. The second-order valence-corrected chi connectivity index (χ2v) is 7.12. The van der Waals surface area contributed by atoms with Crippen LogP contribution in [0.4, 0.5) is 0 Å². The van der Waals surface area contributed by atoms with Crippen LogP contribution >= 0.6 is 11.3 Å². The molecule has 0 aromatic carbocycles. The third-order valence-electron chi connectivity index (χ3n) is 4.43. The molecule has 24 heavy (non-hydrogen) atoms. The number of nitrogens with zero attached hydrogens (tertiary/aromatic N) is 4. The van der Waals surface area contributed by atoms with E-state index in [0.717, 1.165) is 17.8 Å². The van der Waals surface area contributed by atoms with Crippen LogP contribution in [0, 0.1) is 0 Å². The molecule has 1 saturated heterocycles. The molecular formula is C16H19N5O2S. The Labute approximate surface area is 144 Å². The summed E-state index contributed by atoms with van der Waals surface area (Å²) in [7, 11) is 1.61. The highest BCUT2D eigenvalue weighted by Gasteiger charge is 2.36. The van der Waals surface area contributed by atoms with Crippen molar-refractivity contribution >= 4 is 23.2 Å². The van der Waals surface area contributed by atoms with Crippen molar-refractivity contribution in [1.82, 2.24) is 25.2 Å². The lowest BCUT2D eigenvalue weighted by Crippen LogP contribution is -2.44. The van der Waals surface area contributed by atoms with E-state index in [1.165, 1.54) is 17.7 Å². The first-order chi connectivity index (χ1) is 11.5. The molecule has 2 amide bonds. The SMILES string of the molecule is CNC(=O)c1cnc(C2(C)CCN(C(=O)c3cncnc3)CC2)s1. The van der Waals surface area contributed by atoms with E-state index in [1.54, 1.807) is 25.6 Å². The largest absolute Gasteiger partial charge is 0.354 e. The molecule has 1 fully saturated rings. The van der Waals surface area contributed by atoms with Gasteiger partial charge in [0.05, 0.1) is 16.8 Å². The van der Waals surface area contributed by atoms with Gasteiger partial charge in [-0.2, -0.15) is 0 Å². The zero-order valence-corrected chi connectivity index (χ0v) is 14.5. The van der Waals surface area contributed by atoms with Crippen molar-refractivity contribution in [2.75, 3.05) is 20.1 Å². The third kappa shape index (κ3) is 3.14. The zero-order chi connectivity index (χ0) is 17.2. The number of carbonyl (C=O) groups is 2. The summed E-state index contributed by atoms with van der Waals surface area (Å²) in [6.45, 7) is 3.45. The summed E-state index contributed by atoms with van der Waals surface area (Å²) in [4.78, 5) is 38.9. The van der Waals surface area contributed by atoms with Gasteiger partial charge < -0.3 is 10.2 Å². The van der Waals surface area contributed by atoms with Gasteiger partial charge in [-0.1, -0.05) is 6.92 Å². The first-order valence-corrected chi connectivity index (χ1v) is 8.58. The molecule has 3 heterocycles. The van der Waals surface area contributed by atoms with Crippen LogP contribution in [0.3, 0.4) is 0 Å². The lowest BCUT2D eigenvalue weighted by molar-refractivity contribution is 0.0675. The summed E-state index contributed by atoms with van der Waals surface area (Å²) in [5, 5.41) is 3.57. The monoisotopic (exact) mass is 345 g/mol. The number of rotatable bonds is 3. The first-order valence-electron chi connectivity index (χ1n) is 7.76. The lowest BCUT2D eigenvalue weighted by atomic mass is 9.81. The third-order valence-corrected chi connectivity index (χ3v) is 5.74. The predicted octanol–water partition coefficient (Wildman–Crippen LogP) is 1.49. The molecule has 3 rings (SSSR count). The van der Waals surface area contributed by atoms with Gasteiger partial charge in [-0.05, 0) is 12.8 Å². The Morgan fingerprint density at radius 1 is 1.21 bits per heavy atom. The molecule has 0 bridgehead atoms. The van der Waals surface area contributed by atoms with E-state index in [9.17, 15) is 9.59 Å². The van der Waals surface area contributed by atoms with Crippen LogP contribution in [0.1, 0.15) is 44.8 Å². The highest BCUT2D eigenvalue weighted by Crippen LogP contribution is 2.37. The number of hydrogen-bond donors (Lipinski definition) is 1. The molecule has 1 aliphatic rings. The van der Waals surface area contributed by atoms with E-state index >= 15 is 0 Å². The maximum absolute atomic E-state index is 12.5. The molecule has 126 valence electrons. The van der Waals surface area contributed by atoms with Crippen LogP contribution in [-0.4, -0.2) is 51.8 Å². The molecule has 0 aliphatic carbocycles. The van der Waals surface area contributed by atoms with Crippen LogP contribution in [0.15, 0.2) is 24.9 Å². The standard InChI is InChI=1S/C16H19N5O2S/c1-16(15-20-9-12(24-15)13(22)17-2)3-5-21(6-4-16)14(23)11-7-18-10-19-8-11/h7-10H,3-6H2,1-2H3,(H,17,22). The van der Waals surface area contributed by atoms with Crippen molar-refractivity contribution in [2.24, 2.45) is 0 Å². The number of carbonyl (C=O) groups excluding carboxylic acids is 2. The minimum Gasteiger partial charge on any atom is -0.354 e. The van der Waals surface area contributed by atoms with Gasteiger partial charge in [0, 0.05) is 37.9 Å². The van der Waals surface area contributed by atoms with Crippen LogP contribution in [0.5, 0.6) is 0 Å². The van der Waals surface area contributed by atoms with Gasteiger partial charge in [0.2, 0.25) is 0 Å². The molecule has 2 aromatic rings. The smallest absolute Gasteiger partial charge is 0.262 e. The highest BCUT2D eigenvalue weighted by molar-refractivity contribution is 7.13. The Morgan fingerprint density at radius 2 is 1.88 bits per heavy atom. The van der Waals surface area contributed by atoms with E-state index in [2.05, 4.69) is 27.2 Å². The molecule has 0 atom stereocenters. The van der Waals surface area contributed by atoms with Crippen molar-refractivity contribution < 1.29 is 9.59 Å². The Balaban J connectivity index is 1.68. The molecule has 0 saturated carbocycles. The number of nitrogens with one attached hydrogen (secondary N) is 1. The molecular weight excluding hydrogens is 326 g/mol. The summed E-state index contributed by atoms with van der Waals surface area (Å²) < 4.78 is 0. The van der Waals surface area contributed by atoms with Gasteiger partial charge in [-0.25, -0.2) is 15.0 Å². The summed E-state index contributed by atoms with van der Waals surface area (Å²) in [5.41, 5.74) is 0.401. The normalized spacial score (nSPS) is 16.7. The average Bonchev–Trinajstić information content (AvgIpc) is 3.13. The van der Waals surface area contributed by atoms with E-state index < -0.39 is 0 Å². The van der Waals surface area contributed by atoms with Crippen molar-refractivity contribution in [3.8, 4) is 0 Å². The number of amides is 2. The number of likely N-dealkylation sites (tertiary alicyclic amines) is 1. The predicted molar refractivity (Wildman–Crippen MR) is 90.0 cm³/mol. The second-order valence-electron chi connectivity index (χ2n) is 6.09. The fraction of sp³-hybridized carbons (Fsp3) is 0.438. The number of hydrogen-bond acceptors (Lipinski definition) is 6. The van der Waals surface area contributed by atoms with Gasteiger partial charge in [-0.3, -0.25) is 9.59 Å². The van der Waals surface area contributed by atoms with Crippen LogP contribution in [0.2, 0.25) is 0 Å². The van der Waals surface area contributed by atoms with E-state index in [0.29, 0.717) is 23.5 Å². The molecule has 0 unspecified atom stereocenters. The molecule has 1 N–H and O–H groups in total. The van der Waals surface area contributed by atoms with Gasteiger partial charge in [0.1, 0.15) is 11.2 Å². The van der Waals surface area contributed by atoms with Gasteiger partial charge >= 0.3 is 0 Å². The highest BCUT2D eigenvalue weighted by atomic mass is 32.1. The Bertz CT molecular complexity index is 738. The molecule has 0 spiro atoms. The fourth-order valence-corrected chi connectivity index (χ4v) is 3.86. The van der Waals surface area contributed by atoms with E-state index in [-0.39, 0.29) is 17.2 Å². The number of thiazole rings is 1. The Hall–Kier alpha value is -2.35. The zero-order valence-electron chi connectivity index (χ0n) is 13.7. The maximum atomic E-state index is 12.5. The fourth-order valence-electron chi connectivity index (χ4n) is 2.79. The minimum absolute atomic E-state index is 0.0390. The molecule has 2 aromatic heterocycles. The molecule has 0 radical (unpaired) electrons. The summed E-state index contributed by atoms with van der Waals surface area (Å²) in [5.74, 6) is -0.151. The Kier molecular flexibility index (Phi) is 4.57. The van der Waals surface area contributed by atoms with E-state index in [1.807, 2.05) is 4.90 Å². The second kappa shape index (κ2) is 6.64. The minimum atomic E-state index is -0.112. The summed E-state index contributed by atoms with van der Waals surface area (Å²) in [6.07, 6.45) is 7.75. The molecule has 7 nitrogen and oxygen atoms in total. The van der Waals surface area contributed by atoms with Crippen LogP contribution in [0.25, 0.3) is 0 Å². The van der Waals surface area contributed by atoms with Gasteiger partial charge in [0.15, 0.2) is 0 Å². The van der Waals surface area contributed by atoms with Crippen molar-refractivity contribution in [3.05, 3.63) is 40.4 Å². The topological polar surface area (TPSA) is 88.1 Å².